The summed E-state index contributed by atoms with van der Waals surface area (Å²) in [5.41, 5.74) is 7.13. The molecule has 0 radical (unpaired) electrons. The van der Waals surface area contributed by atoms with Crippen molar-refractivity contribution >= 4 is 22.4 Å². The summed E-state index contributed by atoms with van der Waals surface area (Å²) in [7, 11) is 0. The molecule has 1 aromatic rings. The summed E-state index contributed by atoms with van der Waals surface area (Å²) in [5.74, 6) is 0.643. The highest BCUT2D eigenvalue weighted by Gasteiger charge is 2.27. The van der Waals surface area contributed by atoms with Gasteiger partial charge in [0.25, 0.3) is 0 Å². The first-order chi connectivity index (χ1) is 7.61. The molecule has 1 aliphatic heterocycles. The number of anilines is 2. The second-order valence-corrected chi connectivity index (χ2v) is 5.57. The molecule has 0 atom stereocenters. The van der Waals surface area contributed by atoms with Gasteiger partial charge in [0, 0.05) is 25.3 Å². The van der Waals surface area contributed by atoms with E-state index in [4.69, 9.17) is 10.5 Å². The van der Waals surface area contributed by atoms with Gasteiger partial charge >= 0.3 is 0 Å². The lowest BCUT2D eigenvalue weighted by molar-refractivity contribution is 0.0300. The van der Waals surface area contributed by atoms with E-state index < -0.39 is 0 Å². The van der Waals surface area contributed by atoms with E-state index in [-0.39, 0.29) is 0 Å². The van der Waals surface area contributed by atoms with Gasteiger partial charge < -0.3 is 15.8 Å². The molecule has 0 aromatic carbocycles. The fourth-order valence-corrected chi connectivity index (χ4v) is 2.55. The molecule has 1 saturated heterocycles. The van der Waals surface area contributed by atoms with E-state index in [1.54, 1.807) is 0 Å². The van der Waals surface area contributed by atoms with Crippen LogP contribution in [0.1, 0.15) is 25.3 Å². The summed E-state index contributed by atoms with van der Waals surface area (Å²) in [6.07, 6.45) is 2.24. The maximum absolute atomic E-state index is 5.72. The Hall–Kier alpha value is -0.810. The Kier molecular flexibility index (Phi) is 3.35. The molecule has 2 rings (SSSR count). The molecular formula is C11H19N3OS. The van der Waals surface area contributed by atoms with Crippen LogP contribution < -0.4 is 11.1 Å². The highest BCUT2D eigenvalue weighted by Crippen LogP contribution is 2.32. The molecule has 1 fully saturated rings. The van der Waals surface area contributed by atoms with Crippen LogP contribution in [0.4, 0.5) is 10.8 Å². The van der Waals surface area contributed by atoms with E-state index in [0.29, 0.717) is 11.2 Å². The molecule has 1 aliphatic rings. The molecule has 90 valence electrons. The van der Waals surface area contributed by atoms with Crippen molar-refractivity contribution in [1.29, 1.82) is 0 Å². The molecule has 0 spiro atoms. The highest BCUT2D eigenvalue weighted by atomic mass is 32.1. The Labute approximate surface area is 100 Å². The summed E-state index contributed by atoms with van der Waals surface area (Å²) in [6, 6.07) is 0. The van der Waals surface area contributed by atoms with E-state index >= 15 is 0 Å². The summed E-state index contributed by atoms with van der Waals surface area (Å²) in [5, 5.41) is 4.57. The maximum Gasteiger partial charge on any atom is 0.142 e. The zero-order chi connectivity index (χ0) is 11.6. The quantitative estimate of drug-likeness (QED) is 0.852. The molecule has 2 heterocycles. The first-order valence-electron chi connectivity index (χ1n) is 5.64. The van der Waals surface area contributed by atoms with Gasteiger partial charge in [-0.2, -0.15) is 4.37 Å². The topological polar surface area (TPSA) is 60.2 Å². The van der Waals surface area contributed by atoms with E-state index in [1.807, 2.05) is 6.92 Å². The molecular weight excluding hydrogens is 222 g/mol. The SMILES string of the molecule is Cc1c(N)nsc1NCC1(C)CCOCC1. The van der Waals surface area contributed by atoms with Crippen molar-refractivity contribution < 1.29 is 4.74 Å². The minimum Gasteiger partial charge on any atom is -0.383 e. The summed E-state index contributed by atoms with van der Waals surface area (Å²) >= 11 is 1.45. The van der Waals surface area contributed by atoms with E-state index in [0.717, 1.165) is 43.2 Å². The number of nitrogen functional groups attached to an aromatic ring is 1. The van der Waals surface area contributed by atoms with Gasteiger partial charge in [-0.1, -0.05) is 6.92 Å². The van der Waals surface area contributed by atoms with Gasteiger partial charge in [-0.15, -0.1) is 0 Å². The molecule has 0 bridgehead atoms. The van der Waals surface area contributed by atoms with Crippen LogP contribution in [-0.4, -0.2) is 24.1 Å². The Bertz CT molecular complexity index is 358. The van der Waals surface area contributed by atoms with Gasteiger partial charge in [0.2, 0.25) is 0 Å². The lowest BCUT2D eigenvalue weighted by atomic mass is 9.82. The van der Waals surface area contributed by atoms with Gasteiger partial charge in [-0.05, 0) is 36.7 Å². The van der Waals surface area contributed by atoms with Crippen molar-refractivity contribution in [2.24, 2.45) is 5.41 Å². The molecule has 0 saturated carbocycles. The minimum absolute atomic E-state index is 0.337. The Morgan fingerprint density at radius 1 is 1.50 bits per heavy atom. The summed E-state index contributed by atoms with van der Waals surface area (Å²) in [6.45, 7) is 7.04. The zero-order valence-electron chi connectivity index (χ0n) is 9.88. The first-order valence-corrected chi connectivity index (χ1v) is 6.41. The molecule has 5 heteroatoms. The van der Waals surface area contributed by atoms with Crippen LogP contribution in [0.25, 0.3) is 0 Å². The van der Waals surface area contributed by atoms with Gasteiger partial charge in [0.05, 0.1) is 0 Å². The molecule has 4 nitrogen and oxygen atoms in total. The largest absolute Gasteiger partial charge is 0.383 e. The van der Waals surface area contributed by atoms with Crippen LogP contribution in [0.3, 0.4) is 0 Å². The molecule has 1 aromatic heterocycles. The predicted molar refractivity (Wildman–Crippen MR) is 67.9 cm³/mol. The second kappa shape index (κ2) is 4.59. The van der Waals surface area contributed by atoms with Crippen LogP contribution >= 0.6 is 11.5 Å². The molecule has 0 amide bonds. The van der Waals surface area contributed by atoms with Crippen molar-refractivity contribution in [2.45, 2.75) is 26.7 Å². The fraction of sp³-hybridized carbons (Fsp3) is 0.727. The standard InChI is InChI=1S/C11H19N3OS/c1-8-9(12)14-16-10(8)13-7-11(2)3-5-15-6-4-11/h13H,3-7H2,1-2H3,(H2,12,14). The van der Waals surface area contributed by atoms with Crippen LogP contribution in [-0.2, 0) is 4.74 Å². The van der Waals surface area contributed by atoms with Gasteiger partial charge in [-0.3, -0.25) is 0 Å². The molecule has 0 unspecified atom stereocenters. The average molecular weight is 241 g/mol. The third kappa shape index (κ3) is 2.47. The lowest BCUT2D eigenvalue weighted by Crippen LogP contribution is -2.33. The Morgan fingerprint density at radius 2 is 2.19 bits per heavy atom. The van der Waals surface area contributed by atoms with Crippen molar-refractivity contribution in [3.8, 4) is 0 Å². The van der Waals surface area contributed by atoms with Gasteiger partial charge in [0.15, 0.2) is 0 Å². The summed E-state index contributed by atoms with van der Waals surface area (Å²) < 4.78 is 9.52. The second-order valence-electron chi connectivity index (χ2n) is 4.80. The number of nitrogens with zero attached hydrogens (tertiary/aromatic N) is 1. The summed E-state index contributed by atoms with van der Waals surface area (Å²) in [4.78, 5) is 0. The van der Waals surface area contributed by atoms with Crippen LogP contribution in [0.15, 0.2) is 0 Å². The number of hydrogen-bond acceptors (Lipinski definition) is 5. The Morgan fingerprint density at radius 3 is 2.75 bits per heavy atom. The number of ether oxygens (including phenoxy) is 1. The third-order valence-electron chi connectivity index (χ3n) is 3.34. The van der Waals surface area contributed by atoms with E-state index in [1.165, 1.54) is 11.5 Å². The van der Waals surface area contributed by atoms with Gasteiger partial charge in [0.1, 0.15) is 10.8 Å². The van der Waals surface area contributed by atoms with Crippen LogP contribution in [0, 0.1) is 12.3 Å². The number of hydrogen-bond donors (Lipinski definition) is 2. The highest BCUT2D eigenvalue weighted by molar-refractivity contribution is 7.10. The van der Waals surface area contributed by atoms with Gasteiger partial charge in [-0.25, -0.2) is 0 Å². The maximum atomic E-state index is 5.72. The first kappa shape index (κ1) is 11.7. The lowest BCUT2D eigenvalue weighted by Gasteiger charge is -2.33. The van der Waals surface area contributed by atoms with Crippen LogP contribution in [0.2, 0.25) is 0 Å². The average Bonchev–Trinajstić information content (AvgIpc) is 2.58. The molecule has 0 aliphatic carbocycles. The Balaban J connectivity index is 1.93. The number of aromatic nitrogens is 1. The minimum atomic E-state index is 0.337. The monoisotopic (exact) mass is 241 g/mol. The number of rotatable bonds is 3. The predicted octanol–water partition coefficient (Wildman–Crippen LogP) is 2.26. The third-order valence-corrected chi connectivity index (χ3v) is 4.26. The van der Waals surface area contributed by atoms with Crippen molar-refractivity contribution in [1.82, 2.24) is 4.37 Å². The van der Waals surface area contributed by atoms with Crippen molar-refractivity contribution in [2.75, 3.05) is 30.8 Å². The normalized spacial score (nSPS) is 19.6. The number of nitrogens with two attached hydrogens (primary N) is 1. The van der Waals surface area contributed by atoms with Crippen molar-refractivity contribution in [3.63, 3.8) is 0 Å². The molecule has 3 N–H and O–H groups in total. The number of nitrogens with one attached hydrogen (secondary N) is 1. The van der Waals surface area contributed by atoms with Crippen LogP contribution in [0.5, 0.6) is 0 Å². The smallest absolute Gasteiger partial charge is 0.142 e. The van der Waals surface area contributed by atoms with E-state index in [9.17, 15) is 0 Å². The fourth-order valence-electron chi connectivity index (χ4n) is 1.85. The van der Waals surface area contributed by atoms with Crippen molar-refractivity contribution in [3.05, 3.63) is 5.56 Å². The zero-order valence-corrected chi connectivity index (χ0v) is 10.7. The molecule has 16 heavy (non-hydrogen) atoms. The van der Waals surface area contributed by atoms with E-state index in [2.05, 4.69) is 16.6 Å².